The highest BCUT2D eigenvalue weighted by molar-refractivity contribution is 5.86. The van der Waals surface area contributed by atoms with Gasteiger partial charge < -0.3 is 9.84 Å². The molecule has 6 heteroatoms. The number of ether oxygens (including phenoxy) is 1. The molecular weight excluding hydrogens is 222 g/mol. The molecule has 0 saturated heterocycles. The van der Waals surface area contributed by atoms with Crippen molar-refractivity contribution < 1.29 is 14.6 Å². The van der Waals surface area contributed by atoms with Gasteiger partial charge in [0, 0.05) is 0 Å². The molecule has 2 N–H and O–H groups in total. The van der Waals surface area contributed by atoms with Gasteiger partial charge in [-0.25, -0.2) is 14.8 Å². The maximum atomic E-state index is 10.6. The first-order valence-corrected chi connectivity index (χ1v) is 4.92. The number of nitrogens with one attached hydrogen (secondary N) is 1. The molecule has 0 bridgehead atoms. The van der Waals surface area contributed by atoms with Gasteiger partial charge in [-0.3, -0.25) is 5.32 Å². The van der Waals surface area contributed by atoms with E-state index in [2.05, 4.69) is 15.3 Å². The van der Waals surface area contributed by atoms with E-state index in [4.69, 9.17) is 9.84 Å². The van der Waals surface area contributed by atoms with Gasteiger partial charge in [-0.05, 0) is 24.6 Å². The van der Waals surface area contributed by atoms with Crippen LogP contribution >= 0.6 is 0 Å². The van der Waals surface area contributed by atoms with E-state index in [0.29, 0.717) is 11.0 Å². The fourth-order valence-corrected chi connectivity index (χ4v) is 1.47. The van der Waals surface area contributed by atoms with Crippen molar-refractivity contribution in [2.45, 2.75) is 6.92 Å². The Balaban J connectivity index is 2.60. The first-order valence-electron chi connectivity index (χ1n) is 4.92. The van der Waals surface area contributed by atoms with Crippen molar-refractivity contribution in [2.24, 2.45) is 0 Å². The predicted octanol–water partition coefficient (Wildman–Crippen LogP) is 2.04. The van der Waals surface area contributed by atoms with E-state index >= 15 is 0 Å². The molecule has 2 aromatic rings. The predicted molar refractivity (Wildman–Crippen MR) is 62.5 cm³/mol. The molecule has 0 spiro atoms. The van der Waals surface area contributed by atoms with Gasteiger partial charge in [0.2, 0.25) is 0 Å². The molecule has 0 unspecified atom stereocenters. The summed E-state index contributed by atoms with van der Waals surface area (Å²) in [7, 11) is 1.42. The van der Waals surface area contributed by atoms with E-state index in [1.807, 2.05) is 19.1 Å². The second-order valence-corrected chi connectivity index (χ2v) is 3.50. The number of anilines is 1. The molecule has 0 aliphatic rings. The number of hydrogen-bond acceptors (Lipinski definition) is 4. The summed E-state index contributed by atoms with van der Waals surface area (Å²) < 4.78 is 4.99. The number of amides is 1. The van der Waals surface area contributed by atoms with Crippen LogP contribution in [0.25, 0.3) is 11.0 Å². The normalized spacial score (nSPS) is 10.2. The zero-order valence-electron chi connectivity index (χ0n) is 9.39. The lowest BCUT2D eigenvalue weighted by Gasteiger charge is -2.07. The Kier molecular flexibility index (Phi) is 2.78. The molecule has 0 aliphatic heterocycles. The molecule has 1 aromatic heterocycles. The zero-order chi connectivity index (χ0) is 12.4. The number of aryl methyl sites for hydroxylation is 1. The van der Waals surface area contributed by atoms with Gasteiger partial charge in [-0.15, -0.1) is 0 Å². The maximum Gasteiger partial charge on any atom is 0.410 e. The summed E-state index contributed by atoms with van der Waals surface area (Å²) in [5.41, 5.74) is 2.32. The Bertz CT molecular complexity index is 583. The lowest BCUT2D eigenvalue weighted by Crippen LogP contribution is -2.11. The summed E-state index contributed by atoms with van der Waals surface area (Å²) in [5, 5.41) is 10.8. The summed E-state index contributed by atoms with van der Waals surface area (Å²) >= 11 is 0. The van der Waals surface area contributed by atoms with E-state index in [9.17, 15) is 4.79 Å². The van der Waals surface area contributed by atoms with Crippen LogP contribution in [0.4, 0.5) is 10.6 Å². The zero-order valence-corrected chi connectivity index (χ0v) is 9.39. The van der Waals surface area contributed by atoms with Crippen molar-refractivity contribution in [3.05, 3.63) is 23.8 Å². The number of benzene rings is 1. The Morgan fingerprint density at radius 1 is 1.35 bits per heavy atom. The quantitative estimate of drug-likeness (QED) is 0.829. The molecule has 1 amide bonds. The molecule has 17 heavy (non-hydrogen) atoms. The van der Waals surface area contributed by atoms with Gasteiger partial charge in [0.25, 0.3) is 5.88 Å². The summed E-state index contributed by atoms with van der Waals surface area (Å²) in [5.74, 6) is 0.252. The third kappa shape index (κ3) is 2.25. The Morgan fingerprint density at radius 2 is 2.12 bits per heavy atom. The summed E-state index contributed by atoms with van der Waals surface area (Å²) in [6.45, 7) is 1.94. The molecule has 1 aromatic carbocycles. The summed E-state index contributed by atoms with van der Waals surface area (Å²) in [4.78, 5) is 18.9. The van der Waals surface area contributed by atoms with E-state index in [-0.39, 0.29) is 11.7 Å². The van der Waals surface area contributed by atoms with Crippen LogP contribution in [0.1, 0.15) is 5.56 Å². The van der Waals surface area contributed by atoms with Crippen LogP contribution in [-0.4, -0.2) is 28.3 Å². The number of hydrogen-bond donors (Lipinski definition) is 2. The number of carbonyl (C=O) groups is 1. The van der Waals surface area contributed by atoms with E-state index < -0.39 is 6.09 Å². The average molecular weight is 233 g/mol. The first kappa shape index (κ1) is 11.1. The van der Waals surface area contributed by atoms with Crippen LogP contribution in [-0.2, 0) is 0 Å². The lowest BCUT2D eigenvalue weighted by atomic mass is 10.2. The molecule has 0 saturated carbocycles. The highest BCUT2D eigenvalue weighted by Gasteiger charge is 2.11. The Morgan fingerprint density at radius 3 is 2.76 bits per heavy atom. The second-order valence-electron chi connectivity index (χ2n) is 3.50. The van der Waals surface area contributed by atoms with Gasteiger partial charge >= 0.3 is 6.09 Å². The number of methoxy groups -OCH3 is 1. The third-order valence-electron chi connectivity index (χ3n) is 2.21. The number of fused-ring (bicyclic) bond motifs is 1. The van der Waals surface area contributed by atoms with E-state index in [1.54, 1.807) is 6.07 Å². The van der Waals surface area contributed by atoms with Crippen molar-refractivity contribution in [3.63, 3.8) is 0 Å². The minimum absolute atomic E-state index is 0.0938. The van der Waals surface area contributed by atoms with Crippen molar-refractivity contribution in [1.29, 1.82) is 0 Å². The molecule has 2 rings (SSSR count). The fraction of sp³-hybridized carbons (Fsp3) is 0.182. The largest absolute Gasteiger partial charge is 0.478 e. The van der Waals surface area contributed by atoms with Crippen LogP contribution < -0.4 is 10.1 Å². The molecular formula is C11H11N3O3. The number of aromatic nitrogens is 2. The Hall–Kier alpha value is -2.37. The fourth-order valence-electron chi connectivity index (χ4n) is 1.47. The lowest BCUT2D eigenvalue weighted by molar-refractivity contribution is 0.209. The smallest absolute Gasteiger partial charge is 0.410 e. The molecule has 0 radical (unpaired) electrons. The van der Waals surface area contributed by atoms with Crippen LogP contribution in [0.5, 0.6) is 5.88 Å². The van der Waals surface area contributed by atoms with Crippen LogP contribution in [0, 0.1) is 6.92 Å². The number of nitrogens with zero attached hydrogens (tertiary/aromatic N) is 2. The minimum atomic E-state index is -1.20. The molecule has 88 valence electrons. The van der Waals surface area contributed by atoms with E-state index in [1.165, 1.54) is 7.11 Å². The van der Waals surface area contributed by atoms with Gasteiger partial charge in [0.15, 0.2) is 5.82 Å². The van der Waals surface area contributed by atoms with Gasteiger partial charge in [-0.2, -0.15) is 0 Å². The molecule has 0 atom stereocenters. The number of carboxylic acid groups (broad SMARTS) is 1. The van der Waals surface area contributed by atoms with Crippen LogP contribution in [0.2, 0.25) is 0 Å². The topological polar surface area (TPSA) is 84.3 Å². The summed E-state index contributed by atoms with van der Waals surface area (Å²) in [6.07, 6.45) is -1.20. The van der Waals surface area contributed by atoms with Crippen LogP contribution in [0.15, 0.2) is 18.2 Å². The molecule has 1 heterocycles. The maximum absolute atomic E-state index is 10.6. The minimum Gasteiger partial charge on any atom is -0.478 e. The SMILES string of the molecule is COc1nc2cc(C)ccc2nc1NC(=O)O. The van der Waals surface area contributed by atoms with Crippen molar-refractivity contribution in [1.82, 2.24) is 9.97 Å². The van der Waals surface area contributed by atoms with E-state index in [0.717, 1.165) is 5.56 Å². The van der Waals surface area contributed by atoms with Gasteiger partial charge in [0.05, 0.1) is 18.1 Å². The van der Waals surface area contributed by atoms with Gasteiger partial charge in [0.1, 0.15) is 0 Å². The molecule has 0 aliphatic carbocycles. The average Bonchev–Trinajstić information content (AvgIpc) is 2.28. The first-order chi connectivity index (χ1) is 8.10. The monoisotopic (exact) mass is 233 g/mol. The third-order valence-corrected chi connectivity index (χ3v) is 2.21. The Labute approximate surface area is 97.3 Å². The van der Waals surface area contributed by atoms with Crippen molar-refractivity contribution in [3.8, 4) is 5.88 Å². The second kappa shape index (κ2) is 4.25. The summed E-state index contributed by atoms with van der Waals surface area (Å²) in [6, 6.07) is 5.52. The highest BCUT2D eigenvalue weighted by atomic mass is 16.5. The van der Waals surface area contributed by atoms with Crippen molar-refractivity contribution >= 4 is 22.9 Å². The number of rotatable bonds is 2. The van der Waals surface area contributed by atoms with Crippen molar-refractivity contribution in [2.75, 3.05) is 12.4 Å². The van der Waals surface area contributed by atoms with Crippen LogP contribution in [0.3, 0.4) is 0 Å². The van der Waals surface area contributed by atoms with Gasteiger partial charge in [-0.1, -0.05) is 6.07 Å². The highest BCUT2D eigenvalue weighted by Crippen LogP contribution is 2.23. The standard InChI is InChI=1S/C11H11N3O3/c1-6-3-4-7-8(5-6)13-10(17-2)9(12-7)14-11(15)16/h3-5H,1-2H3,(H,12,14)(H,15,16). The molecule has 0 fully saturated rings. The molecule has 6 nitrogen and oxygen atoms in total.